The molecular formula is C38H56N3O7P. The predicted molar refractivity (Wildman–Crippen MR) is 191 cm³/mol. The van der Waals surface area contributed by atoms with Gasteiger partial charge >= 0.3 is 13.7 Å². The summed E-state index contributed by atoms with van der Waals surface area (Å²) >= 11 is 0. The Morgan fingerprint density at radius 2 is 1.33 bits per heavy atom. The van der Waals surface area contributed by atoms with Crippen LogP contribution >= 0.6 is 7.60 Å². The van der Waals surface area contributed by atoms with E-state index in [0.717, 1.165) is 25.7 Å². The largest absolute Gasteiger partial charge is 0.453 e. The van der Waals surface area contributed by atoms with Crippen molar-refractivity contribution in [3.05, 3.63) is 60.7 Å². The molecule has 1 saturated carbocycles. The second-order valence-corrected chi connectivity index (χ2v) is 17.9. The number of likely N-dealkylation sites (tertiary alicyclic amines) is 1. The molecule has 11 heteroatoms. The molecule has 2 aromatic rings. The van der Waals surface area contributed by atoms with Gasteiger partial charge in [0, 0.05) is 6.54 Å². The van der Waals surface area contributed by atoms with Crippen LogP contribution in [0.15, 0.2) is 60.7 Å². The summed E-state index contributed by atoms with van der Waals surface area (Å²) in [6.07, 6.45) is 5.34. The van der Waals surface area contributed by atoms with E-state index in [4.69, 9.17) is 13.8 Å². The third kappa shape index (κ3) is 10.5. The molecule has 2 aliphatic rings. The quantitative estimate of drug-likeness (QED) is 0.227. The number of alkyl carbamates (subject to hydrolysis) is 1. The van der Waals surface area contributed by atoms with Crippen LogP contribution in [0.4, 0.5) is 4.79 Å². The molecule has 0 radical (unpaired) electrons. The minimum atomic E-state index is -4.10. The molecule has 270 valence electrons. The average Bonchev–Trinajstić information content (AvgIpc) is 3.48. The molecule has 1 unspecified atom stereocenters. The lowest BCUT2D eigenvalue weighted by molar-refractivity contribution is -0.142. The molecule has 10 nitrogen and oxygen atoms in total. The van der Waals surface area contributed by atoms with Gasteiger partial charge in [-0.1, -0.05) is 103 Å². The molecule has 2 fully saturated rings. The van der Waals surface area contributed by atoms with Gasteiger partial charge in [0.2, 0.25) is 11.8 Å². The van der Waals surface area contributed by atoms with E-state index in [1.807, 2.05) is 46.8 Å². The maximum absolute atomic E-state index is 14.8. The molecule has 1 saturated heterocycles. The fourth-order valence-corrected chi connectivity index (χ4v) is 8.90. The van der Waals surface area contributed by atoms with Crippen LogP contribution in [0.5, 0.6) is 11.5 Å². The molecule has 4 atom stereocenters. The van der Waals surface area contributed by atoms with Gasteiger partial charge in [0.05, 0.1) is 0 Å². The lowest BCUT2D eigenvalue weighted by Crippen LogP contribution is -2.59. The molecule has 0 spiro atoms. The minimum absolute atomic E-state index is 0.118. The van der Waals surface area contributed by atoms with E-state index < -0.39 is 48.5 Å². The van der Waals surface area contributed by atoms with Crippen LogP contribution in [0.1, 0.15) is 93.9 Å². The lowest BCUT2D eigenvalue weighted by atomic mass is 9.79. The Bertz CT molecular complexity index is 1400. The molecule has 2 aromatic carbocycles. The number of hydrogen-bond donors (Lipinski definition) is 2. The zero-order valence-corrected chi connectivity index (χ0v) is 31.3. The van der Waals surface area contributed by atoms with E-state index in [1.54, 1.807) is 74.2 Å². The Balaban J connectivity index is 1.67. The van der Waals surface area contributed by atoms with Gasteiger partial charge in [0.25, 0.3) is 0 Å². The molecule has 1 aliphatic heterocycles. The van der Waals surface area contributed by atoms with Gasteiger partial charge in [-0.3, -0.25) is 9.59 Å². The van der Waals surface area contributed by atoms with Crippen molar-refractivity contribution >= 4 is 25.5 Å². The number of amides is 3. The Morgan fingerprint density at radius 3 is 1.80 bits per heavy atom. The highest BCUT2D eigenvalue weighted by molar-refractivity contribution is 7.55. The molecular weight excluding hydrogens is 641 g/mol. The highest BCUT2D eigenvalue weighted by Gasteiger charge is 2.49. The molecule has 1 aliphatic carbocycles. The van der Waals surface area contributed by atoms with E-state index in [0.29, 0.717) is 30.4 Å². The van der Waals surface area contributed by atoms with Crippen LogP contribution in [-0.2, 0) is 18.9 Å². The second-order valence-electron chi connectivity index (χ2n) is 15.9. The number of carbonyl (C=O) groups is 3. The first-order valence-electron chi connectivity index (χ1n) is 17.7. The van der Waals surface area contributed by atoms with Crippen LogP contribution in [-0.4, -0.2) is 52.8 Å². The first-order valence-corrected chi connectivity index (χ1v) is 19.3. The summed E-state index contributed by atoms with van der Waals surface area (Å²) in [6, 6.07) is 15.7. The second kappa shape index (κ2) is 16.0. The number of benzene rings is 2. The molecule has 4 rings (SSSR count). The fraction of sp³-hybridized carbons (Fsp3) is 0.605. The smallest absolute Gasteiger partial charge is 0.444 e. The van der Waals surface area contributed by atoms with Crippen molar-refractivity contribution in [1.29, 1.82) is 0 Å². The van der Waals surface area contributed by atoms with Crippen molar-refractivity contribution < 1.29 is 32.7 Å². The molecule has 0 aromatic heterocycles. The maximum atomic E-state index is 14.8. The van der Waals surface area contributed by atoms with Gasteiger partial charge in [0.15, 0.2) is 5.78 Å². The SMILES string of the molecule is CC(C)C(NC(=O)[C@@H]1C[C@@H](C2CCCCC2)CN1C(=O)[C@@H](NC(=O)OC(C)(C)C)C(C)(C)C)P(=O)(Oc1ccccc1)Oc1ccccc1. The molecule has 0 bridgehead atoms. The highest BCUT2D eigenvalue weighted by atomic mass is 31.2. The lowest BCUT2D eigenvalue weighted by Gasteiger charge is -2.36. The topological polar surface area (TPSA) is 123 Å². The van der Waals surface area contributed by atoms with Crippen LogP contribution in [0.3, 0.4) is 0 Å². The standard InChI is InChI=1S/C38H56N3O7P/c1-26(2)34(49(45,47-29-20-14-10-15-21-29)48-30-22-16-11-17-23-30)40-33(42)31-24-28(27-18-12-9-13-19-27)25-41(31)35(43)32(37(3,4)5)39-36(44)46-38(6,7)8/h10-11,14-17,20-23,26-28,31-32,34H,9,12-13,18-19,24-25H2,1-8H3,(H,39,44)(H,40,42)/t28-,31+,32-,34?/m1/s1. The Labute approximate surface area is 292 Å². The maximum Gasteiger partial charge on any atom is 0.453 e. The third-order valence-electron chi connectivity index (χ3n) is 9.22. The zero-order chi connectivity index (χ0) is 36.0. The van der Waals surface area contributed by atoms with E-state index in [2.05, 4.69) is 10.6 Å². The van der Waals surface area contributed by atoms with Crippen molar-refractivity contribution in [3.8, 4) is 11.5 Å². The number of para-hydroxylation sites is 2. The summed E-state index contributed by atoms with van der Waals surface area (Å²) in [5.74, 6) is -0.972. The Kier molecular flexibility index (Phi) is 12.5. The van der Waals surface area contributed by atoms with E-state index >= 15 is 0 Å². The summed E-state index contributed by atoms with van der Waals surface area (Å²) in [5.41, 5.74) is -1.43. The van der Waals surface area contributed by atoms with Crippen molar-refractivity contribution in [1.82, 2.24) is 15.5 Å². The van der Waals surface area contributed by atoms with Gasteiger partial charge in [-0.25, -0.2) is 9.36 Å². The van der Waals surface area contributed by atoms with Gasteiger partial charge in [-0.15, -0.1) is 0 Å². The number of ether oxygens (including phenoxy) is 1. The summed E-state index contributed by atoms with van der Waals surface area (Å²) in [7, 11) is -4.10. The van der Waals surface area contributed by atoms with Crippen molar-refractivity contribution in [3.63, 3.8) is 0 Å². The number of nitrogens with one attached hydrogen (secondary N) is 2. The first kappa shape index (κ1) is 38.3. The third-order valence-corrected chi connectivity index (χ3v) is 11.6. The van der Waals surface area contributed by atoms with Crippen LogP contribution in [0.25, 0.3) is 0 Å². The summed E-state index contributed by atoms with van der Waals surface area (Å²) in [4.78, 5) is 43.6. The van der Waals surface area contributed by atoms with Crippen LogP contribution in [0, 0.1) is 23.2 Å². The Hall–Kier alpha value is -3.52. The van der Waals surface area contributed by atoms with E-state index in [1.165, 1.54) is 6.42 Å². The monoisotopic (exact) mass is 697 g/mol. The molecule has 3 amide bonds. The van der Waals surface area contributed by atoms with E-state index in [9.17, 15) is 18.9 Å². The summed E-state index contributed by atoms with van der Waals surface area (Å²) in [5, 5.41) is 5.85. The van der Waals surface area contributed by atoms with Crippen molar-refractivity contribution in [2.75, 3.05) is 6.54 Å². The zero-order valence-electron chi connectivity index (χ0n) is 30.4. The molecule has 2 N–H and O–H groups in total. The minimum Gasteiger partial charge on any atom is -0.444 e. The first-order chi connectivity index (χ1) is 23.0. The number of nitrogens with zero attached hydrogens (tertiary/aromatic N) is 1. The number of hydrogen-bond acceptors (Lipinski definition) is 7. The highest BCUT2D eigenvalue weighted by Crippen LogP contribution is 2.54. The summed E-state index contributed by atoms with van der Waals surface area (Å²) in [6.45, 7) is 15.0. The summed E-state index contributed by atoms with van der Waals surface area (Å²) < 4.78 is 32.6. The number of rotatable bonds is 11. The van der Waals surface area contributed by atoms with Gasteiger partial charge in [-0.2, -0.15) is 0 Å². The number of carbonyl (C=O) groups excluding carboxylic acids is 3. The van der Waals surface area contributed by atoms with Crippen molar-refractivity contribution in [2.24, 2.45) is 23.2 Å². The molecule has 1 heterocycles. The average molecular weight is 698 g/mol. The van der Waals surface area contributed by atoms with Crippen LogP contribution < -0.4 is 19.7 Å². The van der Waals surface area contributed by atoms with Gasteiger partial charge in [-0.05, 0) is 74.6 Å². The van der Waals surface area contributed by atoms with Crippen molar-refractivity contribution in [2.45, 2.75) is 117 Å². The van der Waals surface area contributed by atoms with Gasteiger partial charge in [0.1, 0.15) is 29.2 Å². The normalized spacial score (nSPS) is 20.3. The predicted octanol–water partition coefficient (Wildman–Crippen LogP) is 8.17. The van der Waals surface area contributed by atoms with Gasteiger partial charge < -0.3 is 29.3 Å². The Morgan fingerprint density at radius 1 is 0.796 bits per heavy atom. The fourth-order valence-electron chi connectivity index (χ4n) is 6.79. The van der Waals surface area contributed by atoms with E-state index in [-0.39, 0.29) is 17.7 Å². The van der Waals surface area contributed by atoms with Crippen LogP contribution in [0.2, 0.25) is 0 Å². The molecule has 49 heavy (non-hydrogen) atoms.